The minimum atomic E-state index is -0.353. The number of thioether (sulfide) groups is 1. The molecule has 0 aliphatic heterocycles. The third-order valence-electron chi connectivity index (χ3n) is 4.98. The van der Waals surface area contributed by atoms with Crippen LogP contribution in [0.1, 0.15) is 33.1 Å². The standard InChI is InChI=1S/C18H23FN4OS/c1-11-6-5-9-15(12(11)2)20-16(24)10-25-18-21-17(22-23-18)13-7-3-4-8-14(13)19/h3-4,7-8,11-12,15H,5-6,9-10H2,1-2H3,(H,20,24)(H,21,22,23)/t11-,12+,15+/m0/s1. The van der Waals surface area contributed by atoms with Crippen molar-refractivity contribution in [3.8, 4) is 11.4 Å². The summed E-state index contributed by atoms with van der Waals surface area (Å²) >= 11 is 1.25. The number of aromatic amines is 1. The Morgan fingerprint density at radius 2 is 2.16 bits per heavy atom. The zero-order valence-electron chi connectivity index (χ0n) is 14.5. The van der Waals surface area contributed by atoms with Crippen molar-refractivity contribution in [1.29, 1.82) is 0 Å². The number of carbonyl (C=O) groups excluding carboxylic acids is 1. The van der Waals surface area contributed by atoms with Gasteiger partial charge in [0, 0.05) is 6.04 Å². The highest BCUT2D eigenvalue weighted by Crippen LogP contribution is 2.29. The van der Waals surface area contributed by atoms with Crippen LogP contribution < -0.4 is 5.32 Å². The molecule has 1 fully saturated rings. The highest BCUT2D eigenvalue weighted by Gasteiger charge is 2.28. The zero-order chi connectivity index (χ0) is 17.8. The summed E-state index contributed by atoms with van der Waals surface area (Å²) in [5, 5.41) is 10.4. The molecule has 1 aromatic heterocycles. The summed E-state index contributed by atoms with van der Waals surface area (Å²) in [6, 6.07) is 6.64. The van der Waals surface area contributed by atoms with Crippen LogP contribution in [0.3, 0.4) is 0 Å². The summed E-state index contributed by atoms with van der Waals surface area (Å²) in [5.41, 5.74) is 0.372. The van der Waals surface area contributed by atoms with Gasteiger partial charge in [-0.15, -0.1) is 5.10 Å². The van der Waals surface area contributed by atoms with Crippen molar-refractivity contribution in [3.05, 3.63) is 30.1 Å². The zero-order valence-corrected chi connectivity index (χ0v) is 15.3. The van der Waals surface area contributed by atoms with Crippen LogP contribution in [0.25, 0.3) is 11.4 Å². The summed E-state index contributed by atoms with van der Waals surface area (Å²) in [5.74, 6) is 1.41. The van der Waals surface area contributed by atoms with Crippen LogP contribution in [0.4, 0.5) is 4.39 Å². The molecular weight excluding hydrogens is 339 g/mol. The lowest BCUT2D eigenvalue weighted by Gasteiger charge is -2.34. The molecule has 0 unspecified atom stereocenters. The minimum Gasteiger partial charge on any atom is -0.352 e. The largest absolute Gasteiger partial charge is 0.352 e. The molecule has 1 aromatic carbocycles. The van der Waals surface area contributed by atoms with Gasteiger partial charge in [-0.25, -0.2) is 9.37 Å². The van der Waals surface area contributed by atoms with E-state index in [4.69, 9.17) is 0 Å². The van der Waals surface area contributed by atoms with Crippen molar-refractivity contribution in [3.63, 3.8) is 0 Å². The number of benzene rings is 1. The van der Waals surface area contributed by atoms with Gasteiger partial charge >= 0.3 is 0 Å². The van der Waals surface area contributed by atoms with Crippen LogP contribution in [-0.4, -0.2) is 32.9 Å². The maximum atomic E-state index is 13.8. The average Bonchev–Trinajstić information content (AvgIpc) is 3.06. The second kappa shape index (κ2) is 7.99. The van der Waals surface area contributed by atoms with Gasteiger partial charge in [0.25, 0.3) is 0 Å². The van der Waals surface area contributed by atoms with E-state index >= 15 is 0 Å². The molecule has 1 aliphatic carbocycles. The molecule has 3 rings (SSSR count). The van der Waals surface area contributed by atoms with Crippen molar-refractivity contribution >= 4 is 17.7 Å². The molecular formula is C18H23FN4OS. The van der Waals surface area contributed by atoms with Gasteiger partial charge < -0.3 is 5.32 Å². The molecule has 2 aromatic rings. The minimum absolute atomic E-state index is 0.00630. The Balaban J connectivity index is 1.54. The van der Waals surface area contributed by atoms with Gasteiger partial charge in [-0.05, 0) is 30.4 Å². The van der Waals surface area contributed by atoms with Crippen LogP contribution in [0, 0.1) is 17.7 Å². The van der Waals surface area contributed by atoms with E-state index in [0.29, 0.717) is 28.4 Å². The molecule has 0 saturated heterocycles. The molecule has 5 nitrogen and oxygen atoms in total. The maximum Gasteiger partial charge on any atom is 0.230 e. The van der Waals surface area contributed by atoms with Crippen molar-refractivity contribution in [2.75, 3.05) is 5.75 Å². The van der Waals surface area contributed by atoms with Crippen LogP contribution >= 0.6 is 11.8 Å². The number of nitrogens with one attached hydrogen (secondary N) is 2. The first-order valence-corrected chi connectivity index (χ1v) is 9.62. The van der Waals surface area contributed by atoms with E-state index in [2.05, 4.69) is 34.3 Å². The van der Waals surface area contributed by atoms with Gasteiger partial charge in [-0.3, -0.25) is 9.89 Å². The van der Waals surface area contributed by atoms with E-state index in [0.717, 1.165) is 12.8 Å². The van der Waals surface area contributed by atoms with Crippen molar-refractivity contribution in [1.82, 2.24) is 20.5 Å². The summed E-state index contributed by atoms with van der Waals surface area (Å²) < 4.78 is 13.8. The van der Waals surface area contributed by atoms with Gasteiger partial charge in [0.2, 0.25) is 11.1 Å². The van der Waals surface area contributed by atoms with Crippen LogP contribution in [-0.2, 0) is 4.79 Å². The fourth-order valence-corrected chi connectivity index (χ4v) is 3.86. The van der Waals surface area contributed by atoms with Crippen molar-refractivity contribution in [2.24, 2.45) is 11.8 Å². The molecule has 7 heteroatoms. The Labute approximate surface area is 151 Å². The lowest BCUT2D eigenvalue weighted by molar-refractivity contribution is -0.120. The number of rotatable bonds is 5. The lowest BCUT2D eigenvalue weighted by Crippen LogP contribution is -2.44. The fraction of sp³-hybridized carbons (Fsp3) is 0.500. The van der Waals surface area contributed by atoms with Crippen LogP contribution in [0.5, 0.6) is 0 Å². The Hall–Kier alpha value is -1.89. The van der Waals surface area contributed by atoms with Gasteiger partial charge in [0.15, 0.2) is 5.82 Å². The van der Waals surface area contributed by atoms with E-state index in [1.54, 1.807) is 18.2 Å². The predicted octanol–water partition coefficient (Wildman–Crippen LogP) is 3.64. The third kappa shape index (κ3) is 4.39. The first-order valence-electron chi connectivity index (χ1n) is 8.64. The Kier molecular flexibility index (Phi) is 5.73. The van der Waals surface area contributed by atoms with Gasteiger partial charge in [0.05, 0.1) is 11.3 Å². The van der Waals surface area contributed by atoms with E-state index in [1.807, 2.05) is 0 Å². The van der Waals surface area contributed by atoms with Gasteiger partial charge in [-0.2, -0.15) is 0 Å². The number of hydrogen-bond acceptors (Lipinski definition) is 4. The molecule has 134 valence electrons. The topological polar surface area (TPSA) is 70.7 Å². The summed E-state index contributed by atoms with van der Waals surface area (Å²) in [6.07, 6.45) is 3.44. The number of hydrogen-bond donors (Lipinski definition) is 2. The molecule has 0 bridgehead atoms. The molecule has 1 saturated carbocycles. The molecule has 25 heavy (non-hydrogen) atoms. The highest BCUT2D eigenvalue weighted by molar-refractivity contribution is 7.99. The van der Waals surface area contributed by atoms with E-state index in [-0.39, 0.29) is 23.5 Å². The molecule has 1 amide bonds. The first-order chi connectivity index (χ1) is 12.0. The third-order valence-corrected chi connectivity index (χ3v) is 5.83. The molecule has 1 heterocycles. The number of H-pyrrole nitrogens is 1. The molecule has 0 radical (unpaired) electrons. The molecule has 3 atom stereocenters. The number of carbonyl (C=O) groups is 1. The number of halogens is 1. The number of nitrogens with zero attached hydrogens (tertiary/aromatic N) is 2. The lowest BCUT2D eigenvalue weighted by atomic mass is 9.78. The van der Waals surface area contributed by atoms with E-state index < -0.39 is 0 Å². The summed E-state index contributed by atoms with van der Waals surface area (Å²) in [7, 11) is 0. The Morgan fingerprint density at radius 1 is 1.36 bits per heavy atom. The SMILES string of the molecule is C[C@@H]1[C@@H](C)CCC[C@H]1NC(=O)CSc1n[nH]c(-c2ccccc2F)n1. The monoisotopic (exact) mass is 362 g/mol. The smallest absolute Gasteiger partial charge is 0.230 e. The quantitative estimate of drug-likeness (QED) is 0.797. The second-order valence-corrected chi connectivity index (χ2v) is 7.62. The Morgan fingerprint density at radius 3 is 2.96 bits per heavy atom. The van der Waals surface area contributed by atoms with E-state index in [1.165, 1.54) is 24.2 Å². The number of aromatic nitrogens is 3. The summed E-state index contributed by atoms with van der Waals surface area (Å²) in [6.45, 7) is 4.45. The van der Waals surface area contributed by atoms with Crippen molar-refractivity contribution < 1.29 is 9.18 Å². The maximum absolute atomic E-state index is 13.8. The van der Waals surface area contributed by atoms with Gasteiger partial charge in [0.1, 0.15) is 5.82 Å². The predicted molar refractivity (Wildman–Crippen MR) is 96.6 cm³/mol. The summed E-state index contributed by atoms with van der Waals surface area (Å²) in [4.78, 5) is 16.5. The van der Waals surface area contributed by atoms with Crippen LogP contribution in [0.15, 0.2) is 29.4 Å². The van der Waals surface area contributed by atoms with Gasteiger partial charge in [-0.1, -0.05) is 50.6 Å². The normalized spacial score (nSPS) is 23.4. The highest BCUT2D eigenvalue weighted by atomic mass is 32.2. The fourth-order valence-electron chi connectivity index (χ4n) is 3.25. The Bertz CT molecular complexity index is 735. The molecule has 2 N–H and O–H groups in total. The van der Waals surface area contributed by atoms with E-state index in [9.17, 15) is 9.18 Å². The molecule has 1 aliphatic rings. The second-order valence-electron chi connectivity index (χ2n) is 6.68. The number of amides is 1. The van der Waals surface area contributed by atoms with Crippen molar-refractivity contribution in [2.45, 2.75) is 44.3 Å². The van der Waals surface area contributed by atoms with Crippen LogP contribution in [0.2, 0.25) is 0 Å². The molecule has 0 spiro atoms. The average molecular weight is 362 g/mol. The first kappa shape index (κ1) is 17.9.